The van der Waals surface area contributed by atoms with Crippen molar-refractivity contribution in [1.29, 1.82) is 0 Å². The zero-order valence-electron chi connectivity index (χ0n) is 22.3. The van der Waals surface area contributed by atoms with Gasteiger partial charge in [0.05, 0.1) is 5.60 Å². The van der Waals surface area contributed by atoms with E-state index in [4.69, 9.17) is 0 Å². The first-order valence-corrected chi connectivity index (χ1v) is 13.8. The van der Waals surface area contributed by atoms with Crippen LogP contribution in [0.1, 0.15) is 76.7 Å². The second kappa shape index (κ2) is 14.0. The molecular formula is C28H44F2N4O3. The fourth-order valence-corrected chi connectivity index (χ4v) is 6.09. The second-order valence-electron chi connectivity index (χ2n) is 10.9. The molecule has 1 heterocycles. The Labute approximate surface area is 219 Å². The Bertz CT molecular complexity index is 876. The van der Waals surface area contributed by atoms with Gasteiger partial charge in [-0.2, -0.15) is 0 Å². The summed E-state index contributed by atoms with van der Waals surface area (Å²) in [6.45, 7) is 3.31. The second-order valence-corrected chi connectivity index (χ2v) is 10.9. The fraction of sp³-hybridized carbons (Fsp3) is 0.714. The molecule has 1 aromatic rings. The summed E-state index contributed by atoms with van der Waals surface area (Å²) >= 11 is 0. The summed E-state index contributed by atoms with van der Waals surface area (Å²) in [5.41, 5.74) is -1.36. The lowest BCUT2D eigenvalue weighted by Gasteiger charge is -2.43. The molecule has 0 spiro atoms. The van der Waals surface area contributed by atoms with Gasteiger partial charge in [0.25, 0.3) is 0 Å². The number of hydrogen-bond acceptors (Lipinski definition) is 4. The van der Waals surface area contributed by atoms with Crippen LogP contribution in [0.3, 0.4) is 0 Å². The van der Waals surface area contributed by atoms with Gasteiger partial charge in [0.15, 0.2) is 0 Å². The molecule has 1 aliphatic heterocycles. The lowest BCUT2D eigenvalue weighted by Crippen LogP contribution is -2.54. The molecule has 2 unspecified atom stereocenters. The average Bonchev–Trinajstić information content (AvgIpc) is 2.86. The van der Waals surface area contributed by atoms with Gasteiger partial charge < -0.3 is 26.0 Å². The molecule has 0 aromatic heterocycles. The van der Waals surface area contributed by atoms with Gasteiger partial charge in [0.1, 0.15) is 11.6 Å². The van der Waals surface area contributed by atoms with Crippen molar-refractivity contribution >= 4 is 11.9 Å². The SMILES string of the molecule is CNCC(CC1CCCCC1)NC(=O)N1CCCC([C@@](O)(CCCNC(C)=O)c2cc(F)cc(F)c2)C1. The van der Waals surface area contributed by atoms with E-state index in [2.05, 4.69) is 16.0 Å². The fourth-order valence-electron chi connectivity index (χ4n) is 6.09. The number of likely N-dealkylation sites (N-methyl/N-ethyl adjacent to an activating group) is 1. The van der Waals surface area contributed by atoms with E-state index >= 15 is 0 Å². The number of nitrogens with zero attached hydrogens (tertiary/aromatic N) is 1. The number of carbonyl (C=O) groups excluding carboxylic acids is 2. The van der Waals surface area contributed by atoms with Crippen molar-refractivity contribution in [3.05, 3.63) is 35.4 Å². The van der Waals surface area contributed by atoms with Gasteiger partial charge in [-0.05, 0) is 62.8 Å². The van der Waals surface area contributed by atoms with Crippen LogP contribution in [0.4, 0.5) is 13.6 Å². The predicted molar refractivity (Wildman–Crippen MR) is 140 cm³/mol. The minimum atomic E-state index is -1.53. The molecule has 3 amide bonds. The molecule has 1 saturated heterocycles. The Morgan fingerprint density at radius 1 is 1.11 bits per heavy atom. The monoisotopic (exact) mass is 522 g/mol. The Hall–Kier alpha value is -2.26. The number of piperidine rings is 1. The number of amides is 3. The van der Waals surface area contributed by atoms with Crippen LogP contribution in [0.15, 0.2) is 18.2 Å². The third kappa shape index (κ3) is 8.64. The van der Waals surface area contributed by atoms with E-state index in [-0.39, 0.29) is 36.5 Å². The highest BCUT2D eigenvalue weighted by atomic mass is 19.1. The van der Waals surface area contributed by atoms with Crippen molar-refractivity contribution in [3.63, 3.8) is 0 Å². The van der Waals surface area contributed by atoms with Gasteiger partial charge in [-0.3, -0.25) is 4.79 Å². The van der Waals surface area contributed by atoms with Gasteiger partial charge in [-0.15, -0.1) is 0 Å². The topological polar surface area (TPSA) is 93.7 Å². The zero-order chi connectivity index (χ0) is 26.8. The van der Waals surface area contributed by atoms with Gasteiger partial charge in [-0.25, -0.2) is 13.6 Å². The van der Waals surface area contributed by atoms with Crippen molar-refractivity contribution in [2.24, 2.45) is 11.8 Å². The smallest absolute Gasteiger partial charge is 0.317 e. The molecule has 3 atom stereocenters. The number of benzene rings is 1. The lowest BCUT2D eigenvalue weighted by atomic mass is 9.74. The standard InChI is InChI=1S/C28H44F2N4O3/c1-20(35)32-12-7-11-28(37,23-15-24(29)17-25(30)16-23)22-10-6-13-34(19-22)27(36)33-26(18-31-2)14-21-8-4-3-5-9-21/h15-17,21-22,26,31,37H,3-14,18-19H2,1-2H3,(H,32,35)(H,33,36)/t22?,26?,28-/m0/s1. The summed E-state index contributed by atoms with van der Waals surface area (Å²) in [5.74, 6) is -1.45. The molecule has 0 radical (unpaired) electrons. The first-order chi connectivity index (χ1) is 17.7. The van der Waals surface area contributed by atoms with E-state index in [1.165, 1.54) is 51.2 Å². The lowest BCUT2D eigenvalue weighted by molar-refractivity contribution is -0.119. The Kier molecular flexibility index (Phi) is 11.1. The first-order valence-electron chi connectivity index (χ1n) is 13.8. The Morgan fingerprint density at radius 2 is 1.81 bits per heavy atom. The van der Waals surface area contributed by atoms with Gasteiger partial charge in [0, 0.05) is 51.1 Å². The maximum atomic E-state index is 14.1. The molecule has 37 heavy (non-hydrogen) atoms. The largest absolute Gasteiger partial charge is 0.385 e. The number of halogens is 2. The van der Waals surface area contributed by atoms with Crippen LogP contribution in [0.2, 0.25) is 0 Å². The minimum absolute atomic E-state index is 0.0230. The number of rotatable bonds is 11. The molecule has 9 heteroatoms. The number of aliphatic hydroxyl groups is 1. The van der Waals surface area contributed by atoms with Gasteiger partial charge in [-0.1, -0.05) is 32.1 Å². The third-order valence-electron chi connectivity index (χ3n) is 7.98. The minimum Gasteiger partial charge on any atom is -0.385 e. The van der Waals surface area contributed by atoms with Crippen molar-refractivity contribution in [3.8, 4) is 0 Å². The van der Waals surface area contributed by atoms with Gasteiger partial charge >= 0.3 is 6.03 Å². The third-order valence-corrected chi connectivity index (χ3v) is 7.98. The summed E-state index contributed by atoms with van der Waals surface area (Å²) < 4.78 is 28.3. The predicted octanol–water partition coefficient (Wildman–Crippen LogP) is 4.05. The summed E-state index contributed by atoms with van der Waals surface area (Å²) in [7, 11) is 1.89. The van der Waals surface area contributed by atoms with Crippen LogP contribution < -0.4 is 16.0 Å². The number of urea groups is 1. The van der Waals surface area contributed by atoms with Crippen molar-refractivity contribution in [2.45, 2.75) is 82.8 Å². The maximum absolute atomic E-state index is 14.1. The summed E-state index contributed by atoms with van der Waals surface area (Å²) in [5, 5.41) is 21.0. The highest BCUT2D eigenvalue weighted by Crippen LogP contribution is 2.40. The van der Waals surface area contributed by atoms with Gasteiger partial charge in [0.2, 0.25) is 5.91 Å². The van der Waals surface area contributed by atoms with E-state index in [1.807, 2.05) is 7.05 Å². The molecule has 0 bridgehead atoms. The molecule has 2 aliphatic rings. The van der Waals surface area contributed by atoms with E-state index in [9.17, 15) is 23.5 Å². The van der Waals surface area contributed by atoms with E-state index < -0.39 is 23.2 Å². The normalized spacial score (nSPS) is 21.2. The zero-order valence-corrected chi connectivity index (χ0v) is 22.3. The molecule has 208 valence electrons. The molecule has 1 saturated carbocycles. The number of likely N-dealkylation sites (tertiary alicyclic amines) is 1. The Balaban J connectivity index is 1.71. The van der Waals surface area contributed by atoms with Crippen molar-refractivity contribution in [2.75, 3.05) is 33.2 Å². The van der Waals surface area contributed by atoms with E-state index in [0.29, 0.717) is 44.8 Å². The van der Waals surface area contributed by atoms with Crippen LogP contribution >= 0.6 is 0 Å². The Morgan fingerprint density at radius 3 is 2.46 bits per heavy atom. The van der Waals surface area contributed by atoms with Crippen LogP contribution in [-0.4, -0.2) is 61.2 Å². The average molecular weight is 523 g/mol. The summed E-state index contributed by atoms with van der Waals surface area (Å²) in [6, 6.07) is 3.00. The van der Waals surface area contributed by atoms with Crippen LogP contribution in [0.5, 0.6) is 0 Å². The number of hydrogen-bond donors (Lipinski definition) is 4. The number of nitrogens with one attached hydrogen (secondary N) is 3. The maximum Gasteiger partial charge on any atom is 0.317 e. The highest BCUT2D eigenvalue weighted by Gasteiger charge is 2.42. The molecule has 1 aliphatic carbocycles. The van der Waals surface area contributed by atoms with E-state index in [0.717, 1.165) is 12.5 Å². The molecule has 7 nitrogen and oxygen atoms in total. The molecule has 4 N–H and O–H groups in total. The van der Waals surface area contributed by atoms with Crippen molar-refractivity contribution < 1.29 is 23.5 Å². The van der Waals surface area contributed by atoms with Crippen LogP contribution in [0, 0.1) is 23.5 Å². The molecule has 1 aromatic carbocycles. The summed E-state index contributed by atoms with van der Waals surface area (Å²) in [4.78, 5) is 26.3. The quantitative estimate of drug-likeness (QED) is 0.330. The first kappa shape index (κ1) is 29.3. The summed E-state index contributed by atoms with van der Waals surface area (Å²) in [6.07, 6.45) is 9.10. The van der Waals surface area contributed by atoms with E-state index in [1.54, 1.807) is 4.90 Å². The molecule has 3 rings (SSSR count). The van der Waals surface area contributed by atoms with Crippen LogP contribution in [-0.2, 0) is 10.4 Å². The van der Waals surface area contributed by atoms with Crippen molar-refractivity contribution in [1.82, 2.24) is 20.9 Å². The molecule has 2 fully saturated rings. The number of carbonyl (C=O) groups is 2. The highest BCUT2D eigenvalue weighted by molar-refractivity contribution is 5.74. The van der Waals surface area contributed by atoms with Crippen LogP contribution in [0.25, 0.3) is 0 Å². The molecular weight excluding hydrogens is 478 g/mol.